The second kappa shape index (κ2) is 3.64. The van der Waals surface area contributed by atoms with Gasteiger partial charge in [0.05, 0.1) is 4.58 Å². The second-order valence-electron chi connectivity index (χ2n) is 1.76. The van der Waals surface area contributed by atoms with Crippen LogP contribution in [0.5, 0.6) is 0 Å². The zero-order valence-corrected chi connectivity index (χ0v) is 6.43. The van der Waals surface area contributed by atoms with Crippen molar-refractivity contribution in [3.8, 4) is 0 Å². The van der Waals surface area contributed by atoms with E-state index in [2.05, 4.69) is 0 Å². The molecule has 0 spiro atoms. The molecule has 1 nitrogen and oxygen atoms in total. The van der Waals surface area contributed by atoms with Crippen LogP contribution in [0.3, 0.4) is 0 Å². The number of hydrogen-bond donors (Lipinski definition) is 1. The molecule has 0 bridgehead atoms. The van der Waals surface area contributed by atoms with Crippen molar-refractivity contribution < 1.29 is 0 Å². The fourth-order valence-corrected chi connectivity index (χ4v) is 3.24. The van der Waals surface area contributed by atoms with Gasteiger partial charge >= 0.3 is 0 Å². The number of thioether (sulfide) groups is 2. The van der Waals surface area contributed by atoms with Crippen molar-refractivity contribution in [1.82, 2.24) is 0 Å². The van der Waals surface area contributed by atoms with Crippen LogP contribution in [-0.2, 0) is 0 Å². The van der Waals surface area contributed by atoms with Gasteiger partial charge in [0.1, 0.15) is 0 Å². The molecule has 0 aromatic rings. The summed E-state index contributed by atoms with van der Waals surface area (Å²) >= 11 is 4.00. The highest BCUT2D eigenvalue weighted by atomic mass is 32.2. The zero-order chi connectivity index (χ0) is 5.82. The van der Waals surface area contributed by atoms with Crippen molar-refractivity contribution in [2.45, 2.75) is 11.0 Å². The predicted molar refractivity (Wildman–Crippen MR) is 42.4 cm³/mol. The maximum absolute atomic E-state index is 5.46. The van der Waals surface area contributed by atoms with Gasteiger partial charge in [0, 0.05) is 6.54 Å². The minimum Gasteiger partial charge on any atom is -0.329 e. The first-order chi connectivity index (χ1) is 3.93. The Morgan fingerprint density at radius 3 is 2.38 bits per heavy atom. The van der Waals surface area contributed by atoms with E-state index in [9.17, 15) is 0 Å². The van der Waals surface area contributed by atoms with E-state index in [-0.39, 0.29) is 0 Å². The number of rotatable bonds is 1. The normalized spacial score (nSPS) is 23.6. The average Bonchev–Trinajstić information content (AvgIpc) is 1.90. The maximum Gasteiger partial charge on any atom is 0.0624 e. The molecule has 2 N–H and O–H groups in total. The molecule has 1 aliphatic heterocycles. The Bertz CT molecular complexity index is 61.4. The summed E-state index contributed by atoms with van der Waals surface area (Å²) in [5.74, 6) is 2.63. The summed E-state index contributed by atoms with van der Waals surface area (Å²) in [6, 6.07) is 0. The molecule has 0 unspecified atom stereocenters. The van der Waals surface area contributed by atoms with Gasteiger partial charge in [-0.3, -0.25) is 0 Å². The van der Waals surface area contributed by atoms with E-state index in [1.807, 2.05) is 23.5 Å². The van der Waals surface area contributed by atoms with Gasteiger partial charge in [-0.1, -0.05) is 0 Å². The van der Waals surface area contributed by atoms with Crippen molar-refractivity contribution in [3.05, 3.63) is 0 Å². The Kier molecular flexibility index (Phi) is 3.08. The lowest BCUT2D eigenvalue weighted by Gasteiger charge is -2.18. The smallest absolute Gasteiger partial charge is 0.0624 e. The van der Waals surface area contributed by atoms with Crippen LogP contribution in [0.2, 0.25) is 0 Å². The molecule has 1 aliphatic rings. The largest absolute Gasteiger partial charge is 0.329 e. The van der Waals surface area contributed by atoms with Crippen molar-refractivity contribution in [3.63, 3.8) is 0 Å². The van der Waals surface area contributed by atoms with E-state index in [0.29, 0.717) is 4.58 Å². The highest BCUT2D eigenvalue weighted by Gasteiger charge is 2.10. The molecule has 48 valence electrons. The molecule has 0 aliphatic carbocycles. The SMILES string of the molecule is NCC1SCCCS1. The highest BCUT2D eigenvalue weighted by Crippen LogP contribution is 2.28. The molecule has 1 saturated heterocycles. The van der Waals surface area contributed by atoms with Crippen LogP contribution < -0.4 is 5.73 Å². The van der Waals surface area contributed by atoms with E-state index >= 15 is 0 Å². The molecular formula is C5H11NS2. The van der Waals surface area contributed by atoms with Gasteiger partial charge in [0.15, 0.2) is 0 Å². The molecule has 0 amide bonds. The van der Waals surface area contributed by atoms with Gasteiger partial charge in [-0.2, -0.15) is 0 Å². The first-order valence-corrected chi connectivity index (χ1v) is 4.96. The summed E-state index contributed by atoms with van der Waals surface area (Å²) in [5, 5.41) is 0. The summed E-state index contributed by atoms with van der Waals surface area (Å²) in [5.41, 5.74) is 5.46. The molecule has 0 aromatic carbocycles. The van der Waals surface area contributed by atoms with E-state index in [1.54, 1.807) is 0 Å². The summed E-state index contributed by atoms with van der Waals surface area (Å²) in [6.45, 7) is 0.843. The van der Waals surface area contributed by atoms with Gasteiger partial charge < -0.3 is 5.73 Å². The maximum atomic E-state index is 5.46. The standard InChI is InChI=1S/C5H11NS2/c6-4-5-7-2-1-3-8-5/h5H,1-4,6H2. The number of nitrogens with two attached hydrogens (primary N) is 1. The van der Waals surface area contributed by atoms with Crippen LogP contribution in [0.25, 0.3) is 0 Å². The molecular weight excluding hydrogens is 138 g/mol. The van der Waals surface area contributed by atoms with Crippen molar-refractivity contribution in [1.29, 1.82) is 0 Å². The van der Waals surface area contributed by atoms with Gasteiger partial charge in [-0.15, -0.1) is 23.5 Å². The molecule has 0 aromatic heterocycles. The van der Waals surface area contributed by atoms with E-state index in [1.165, 1.54) is 17.9 Å². The van der Waals surface area contributed by atoms with E-state index in [0.717, 1.165) is 6.54 Å². The van der Waals surface area contributed by atoms with Crippen LogP contribution in [0.4, 0.5) is 0 Å². The van der Waals surface area contributed by atoms with Gasteiger partial charge in [-0.25, -0.2) is 0 Å². The Balaban J connectivity index is 2.13. The third-order valence-corrected chi connectivity index (χ3v) is 4.08. The van der Waals surface area contributed by atoms with Crippen molar-refractivity contribution >= 4 is 23.5 Å². The minimum absolute atomic E-state index is 0.698. The van der Waals surface area contributed by atoms with Crippen molar-refractivity contribution in [2.75, 3.05) is 18.1 Å². The Labute approximate surface area is 58.8 Å². The quantitative estimate of drug-likeness (QED) is 0.605. The van der Waals surface area contributed by atoms with Crippen molar-refractivity contribution in [2.24, 2.45) is 5.73 Å². The van der Waals surface area contributed by atoms with E-state index < -0.39 is 0 Å². The minimum atomic E-state index is 0.698. The topological polar surface area (TPSA) is 26.0 Å². The zero-order valence-electron chi connectivity index (χ0n) is 4.80. The molecule has 0 atom stereocenters. The molecule has 3 heteroatoms. The first kappa shape index (κ1) is 6.78. The summed E-state index contributed by atoms with van der Waals surface area (Å²) < 4.78 is 0.698. The molecule has 0 radical (unpaired) electrons. The molecule has 0 saturated carbocycles. The van der Waals surface area contributed by atoms with Crippen LogP contribution in [0.15, 0.2) is 0 Å². The summed E-state index contributed by atoms with van der Waals surface area (Å²) in [7, 11) is 0. The van der Waals surface area contributed by atoms with Crippen LogP contribution >= 0.6 is 23.5 Å². The molecule has 1 fully saturated rings. The second-order valence-corrected chi connectivity index (χ2v) is 4.68. The fraction of sp³-hybridized carbons (Fsp3) is 1.00. The van der Waals surface area contributed by atoms with Gasteiger partial charge in [0.25, 0.3) is 0 Å². The molecule has 8 heavy (non-hydrogen) atoms. The highest BCUT2D eigenvalue weighted by molar-refractivity contribution is 8.17. The fourth-order valence-electron chi connectivity index (χ4n) is 0.673. The third kappa shape index (κ3) is 1.88. The van der Waals surface area contributed by atoms with E-state index in [4.69, 9.17) is 5.73 Å². The number of hydrogen-bond acceptors (Lipinski definition) is 3. The predicted octanol–water partition coefficient (Wildman–Crippen LogP) is 1.14. The monoisotopic (exact) mass is 149 g/mol. The lowest BCUT2D eigenvalue weighted by Crippen LogP contribution is -2.17. The lowest BCUT2D eigenvalue weighted by atomic mass is 10.6. The van der Waals surface area contributed by atoms with Crippen LogP contribution in [-0.4, -0.2) is 22.6 Å². The Hall–Kier alpha value is 0.660. The van der Waals surface area contributed by atoms with Gasteiger partial charge in [0.2, 0.25) is 0 Å². The Morgan fingerprint density at radius 1 is 1.38 bits per heavy atom. The summed E-state index contributed by atoms with van der Waals surface area (Å²) in [4.78, 5) is 0. The molecule has 1 rings (SSSR count). The lowest BCUT2D eigenvalue weighted by molar-refractivity contribution is 1.05. The van der Waals surface area contributed by atoms with Crippen LogP contribution in [0, 0.1) is 0 Å². The third-order valence-electron chi connectivity index (χ3n) is 1.09. The average molecular weight is 149 g/mol. The molecule has 1 heterocycles. The van der Waals surface area contributed by atoms with Crippen LogP contribution in [0.1, 0.15) is 6.42 Å². The summed E-state index contributed by atoms with van der Waals surface area (Å²) in [6.07, 6.45) is 1.37. The van der Waals surface area contributed by atoms with Gasteiger partial charge in [-0.05, 0) is 17.9 Å². The first-order valence-electron chi connectivity index (χ1n) is 2.87. The Morgan fingerprint density at radius 2 is 2.00 bits per heavy atom.